The van der Waals surface area contributed by atoms with Crippen LogP contribution in [-0.4, -0.2) is 9.97 Å². The van der Waals surface area contributed by atoms with Crippen molar-refractivity contribution in [1.29, 1.82) is 0 Å². The van der Waals surface area contributed by atoms with Crippen LogP contribution in [0.3, 0.4) is 0 Å². The molecule has 1 aliphatic carbocycles. The van der Waals surface area contributed by atoms with Crippen molar-refractivity contribution < 1.29 is 4.74 Å². The summed E-state index contributed by atoms with van der Waals surface area (Å²) in [4.78, 5) is 8.75. The third-order valence-corrected chi connectivity index (χ3v) is 4.57. The second kappa shape index (κ2) is 5.92. The van der Waals surface area contributed by atoms with Gasteiger partial charge in [0.05, 0.1) is 5.69 Å². The van der Waals surface area contributed by atoms with Crippen LogP contribution in [0.25, 0.3) is 0 Å². The highest BCUT2D eigenvalue weighted by atomic mass is 79.9. The van der Waals surface area contributed by atoms with Crippen LogP contribution in [0.2, 0.25) is 0 Å². The molecular formula is C16H17BrN2O. The van der Waals surface area contributed by atoms with Crippen LogP contribution in [0, 0.1) is 6.92 Å². The molecular weight excluding hydrogens is 316 g/mol. The summed E-state index contributed by atoms with van der Waals surface area (Å²) < 4.78 is 7.09. The topological polar surface area (TPSA) is 35.0 Å². The molecule has 20 heavy (non-hydrogen) atoms. The molecule has 3 rings (SSSR count). The molecule has 1 aromatic carbocycles. The summed E-state index contributed by atoms with van der Waals surface area (Å²) in [7, 11) is 0. The van der Waals surface area contributed by atoms with Crippen molar-refractivity contribution in [2.75, 3.05) is 0 Å². The highest BCUT2D eigenvalue weighted by Gasteiger charge is 2.16. The number of benzene rings is 1. The number of aryl methyl sites for hydroxylation is 2. The molecule has 0 N–H and O–H groups in total. The zero-order valence-electron chi connectivity index (χ0n) is 11.5. The summed E-state index contributed by atoms with van der Waals surface area (Å²) in [6, 6.07) is 5.99. The number of hydrogen-bond donors (Lipinski definition) is 0. The van der Waals surface area contributed by atoms with Gasteiger partial charge in [-0.2, -0.15) is 0 Å². The molecule has 0 amide bonds. The van der Waals surface area contributed by atoms with E-state index in [2.05, 4.69) is 32.8 Å². The van der Waals surface area contributed by atoms with E-state index in [0.717, 1.165) is 40.2 Å². The largest absolute Gasteiger partial charge is 0.439 e. The molecule has 0 aliphatic heterocycles. The first-order valence-corrected chi connectivity index (χ1v) is 7.80. The smallest absolute Gasteiger partial charge is 0.225 e. The lowest BCUT2D eigenvalue weighted by Gasteiger charge is -2.12. The maximum Gasteiger partial charge on any atom is 0.225 e. The second-order valence-electron chi connectivity index (χ2n) is 5.18. The van der Waals surface area contributed by atoms with Gasteiger partial charge in [0.15, 0.2) is 0 Å². The zero-order valence-corrected chi connectivity index (χ0v) is 13.1. The monoisotopic (exact) mass is 332 g/mol. The number of aromatic nitrogens is 2. The molecule has 2 aromatic rings. The minimum atomic E-state index is 0.721. The number of hydrogen-bond acceptors (Lipinski definition) is 3. The Morgan fingerprint density at radius 1 is 1.10 bits per heavy atom. The van der Waals surface area contributed by atoms with Crippen LogP contribution >= 0.6 is 15.9 Å². The van der Waals surface area contributed by atoms with Gasteiger partial charge in [0.25, 0.3) is 0 Å². The van der Waals surface area contributed by atoms with Gasteiger partial charge in [0, 0.05) is 10.0 Å². The lowest BCUT2D eigenvalue weighted by atomic mass is 10.1. The van der Waals surface area contributed by atoms with Gasteiger partial charge in [-0.05, 0) is 56.4 Å². The predicted molar refractivity (Wildman–Crippen MR) is 82.2 cm³/mol. The molecule has 104 valence electrons. The van der Waals surface area contributed by atoms with Crippen molar-refractivity contribution in [3.05, 3.63) is 45.8 Å². The highest BCUT2D eigenvalue weighted by molar-refractivity contribution is 9.10. The third kappa shape index (κ3) is 2.85. The Morgan fingerprint density at radius 3 is 2.80 bits per heavy atom. The summed E-state index contributed by atoms with van der Waals surface area (Å²) in [5.74, 6) is 1.55. The van der Waals surface area contributed by atoms with Crippen LogP contribution in [0.5, 0.6) is 11.6 Å². The van der Waals surface area contributed by atoms with E-state index >= 15 is 0 Å². The fraction of sp³-hybridized carbons (Fsp3) is 0.375. The molecule has 0 bridgehead atoms. The molecule has 4 heteroatoms. The van der Waals surface area contributed by atoms with Crippen molar-refractivity contribution in [3.8, 4) is 11.6 Å². The number of fused-ring (bicyclic) bond motifs is 1. The predicted octanol–water partition coefficient (Wildman–Crippen LogP) is 4.61. The van der Waals surface area contributed by atoms with E-state index < -0.39 is 0 Å². The van der Waals surface area contributed by atoms with Crippen LogP contribution < -0.4 is 4.74 Å². The summed E-state index contributed by atoms with van der Waals surface area (Å²) in [5.41, 5.74) is 3.49. The average molecular weight is 333 g/mol. The average Bonchev–Trinajstić information content (AvgIpc) is 2.69. The van der Waals surface area contributed by atoms with Gasteiger partial charge in [0.1, 0.15) is 12.1 Å². The molecule has 0 atom stereocenters. The molecule has 0 saturated carbocycles. The molecule has 0 spiro atoms. The fourth-order valence-corrected chi connectivity index (χ4v) is 2.79. The number of rotatable bonds is 2. The van der Waals surface area contributed by atoms with Gasteiger partial charge in [0.2, 0.25) is 5.88 Å². The number of halogens is 1. The lowest BCUT2D eigenvalue weighted by Crippen LogP contribution is -2.01. The van der Waals surface area contributed by atoms with E-state index in [9.17, 15) is 0 Å². The third-order valence-electron chi connectivity index (χ3n) is 3.68. The molecule has 0 fully saturated rings. The fourth-order valence-electron chi connectivity index (χ4n) is 2.55. The Hall–Kier alpha value is -1.42. The van der Waals surface area contributed by atoms with E-state index in [0.29, 0.717) is 0 Å². The van der Waals surface area contributed by atoms with E-state index in [1.165, 1.54) is 24.8 Å². The zero-order chi connectivity index (χ0) is 13.9. The summed E-state index contributed by atoms with van der Waals surface area (Å²) in [5, 5.41) is 0. The van der Waals surface area contributed by atoms with Gasteiger partial charge < -0.3 is 4.74 Å². The van der Waals surface area contributed by atoms with Crippen molar-refractivity contribution in [3.63, 3.8) is 0 Å². The Labute approximate surface area is 127 Å². The molecule has 1 heterocycles. The first-order valence-electron chi connectivity index (χ1n) is 7.01. The van der Waals surface area contributed by atoms with Crippen LogP contribution in [0.4, 0.5) is 0 Å². The van der Waals surface area contributed by atoms with E-state index in [-0.39, 0.29) is 0 Å². The number of nitrogens with zero attached hydrogens (tertiary/aromatic N) is 2. The Balaban J connectivity index is 1.92. The van der Waals surface area contributed by atoms with E-state index in [4.69, 9.17) is 4.74 Å². The first-order chi connectivity index (χ1) is 9.74. The standard InChI is InChI=1S/C16H17BrN2O/c1-11-9-12(7-8-14(11)17)20-16-13-5-3-2-4-6-15(13)18-10-19-16/h7-10H,2-6H2,1H3. The molecule has 0 radical (unpaired) electrons. The van der Waals surface area contributed by atoms with Gasteiger partial charge in [-0.1, -0.05) is 22.4 Å². The van der Waals surface area contributed by atoms with Gasteiger partial charge in [-0.15, -0.1) is 0 Å². The van der Waals surface area contributed by atoms with Crippen LogP contribution in [0.1, 0.15) is 36.1 Å². The highest BCUT2D eigenvalue weighted by Crippen LogP contribution is 2.30. The van der Waals surface area contributed by atoms with Crippen molar-refractivity contribution in [2.24, 2.45) is 0 Å². The van der Waals surface area contributed by atoms with Gasteiger partial charge in [-0.25, -0.2) is 9.97 Å². The Bertz CT molecular complexity index is 628. The van der Waals surface area contributed by atoms with Crippen LogP contribution in [0.15, 0.2) is 29.0 Å². The quantitative estimate of drug-likeness (QED) is 0.753. The van der Waals surface area contributed by atoms with Crippen molar-refractivity contribution >= 4 is 15.9 Å². The number of ether oxygens (including phenoxy) is 1. The SMILES string of the molecule is Cc1cc(Oc2ncnc3c2CCCCC3)ccc1Br. The van der Waals surface area contributed by atoms with Gasteiger partial charge >= 0.3 is 0 Å². The van der Waals surface area contributed by atoms with Crippen molar-refractivity contribution in [1.82, 2.24) is 9.97 Å². The summed E-state index contributed by atoms with van der Waals surface area (Å²) in [6.45, 7) is 2.05. The second-order valence-corrected chi connectivity index (χ2v) is 6.03. The lowest BCUT2D eigenvalue weighted by molar-refractivity contribution is 0.452. The summed E-state index contributed by atoms with van der Waals surface area (Å²) >= 11 is 3.50. The normalized spacial score (nSPS) is 14.5. The molecule has 0 unspecified atom stereocenters. The minimum Gasteiger partial charge on any atom is -0.439 e. The Morgan fingerprint density at radius 2 is 1.95 bits per heavy atom. The Kier molecular flexibility index (Phi) is 4.01. The van der Waals surface area contributed by atoms with Crippen molar-refractivity contribution in [2.45, 2.75) is 39.0 Å². The summed E-state index contributed by atoms with van der Waals surface area (Å²) in [6.07, 6.45) is 7.32. The molecule has 3 nitrogen and oxygen atoms in total. The minimum absolute atomic E-state index is 0.721. The molecule has 0 saturated heterocycles. The van der Waals surface area contributed by atoms with E-state index in [1.54, 1.807) is 6.33 Å². The first kappa shape index (κ1) is 13.6. The molecule has 1 aliphatic rings. The van der Waals surface area contributed by atoms with Crippen LogP contribution in [-0.2, 0) is 12.8 Å². The maximum atomic E-state index is 6.00. The maximum absolute atomic E-state index is 6.00. The van der Waals surface area contributed by atoms with E-state index in [1.807, 2.05) is 18.2 Å². The molecule has 1 aromatic heterocycles. The van der Waals surface area contributed by atoms with Gasteiger partial charge in [-0.3, -0.25) is 0 Å².